The summed E-state index contributed by atoms with van der Waals surface area (Å²) in [6.07, 6.45) is 2.09. The minimum absolute atomic E-state index is 0.0591. The third kappa shape index (κ3) is 6.40. The number of nitrogens with zero attached hydrogens (tertiary/aromatic N) is 3. The number of hydrogen-bond donors (Lipinski definition) is 0. The molecule has 3 aromatic carbocycles. The normalized spacial score (nSPS) is 15.3. The SMILES string of the molecule is CCc1nn(-c2ccccc2)c(Oc2cccc(OC)c2)c1CN(CC1CCCO1)S(=O)(=O)c1ccc(OC)cc1. The summed E-state index contributed by atoms with van der Waals surface area (Å²) in [6.45, 7) is 2.90. The molecule has 1 atom stereocenters. The number of hydrogen-bond acceptors (Lipinski definition) is 7. The maximum Gasteiger partial charge on any atom is 0.243 e. The third-order valence-electron chi connectivity index (χ3n) is 7.07. The van der Waals surface area contributed by atoms with Crippen molar-refractivity contribution in [2.45, 2.75) is 43.7 Å². The monoisotopic (exact) mass is 577 g/mol. The minimum Gasteiger partial charge on any atom is -0.497 e. The Morgan fingerprint density at radius 2 is 1.68 bits per heavy atom. The van der Waals surface area contributed by atoms with E-state index in [-0.39, 0.29) is 24.1 Å². The molecule has 4 aromatic rings. The number of benzene rings is 3. The van der Waals surface area contributed by atoms with Crippen LogP contribution in [0.15, 0.2) is 83.8 Å². The molecule has 0 saturated carbocycles. The van der Waals surface area contributed by atoms with Gasteiger partial charge in [-0.15, -0.1) is 0 Å². The van der Waals surface area contributed by atoms with Crippen molar-refractivity contribution in [2.24, 2.45) is 0 Å². The molecule has 0 aliphatic carbocycles. The molecular formula is C31H35N3O6S. The highest BCUT2D eigenvalue weighted by Crippen LogP contribution is 2.35. The molecule has 9 nitrogen and oxygen atoms in total. The summed E-state index contributed by atoms with van der Waals surface area (Å²) in [4.78, 5) is 0.181. The van der Waals surface area contributed by atoms with Gasteiger partial charge in [0.2, 0.25) is 15.9 Å². The molecule has 1 fully saturated rings. The summed E-state index contributed by atoms with van der Waals surface area (Å²) in [5.74, 6) is 2.23. The van der Waals surface area contributed by atoms with E-state index in [9.17, 15) is 8.42 Å². The molecule has 216 valence electrons. The topological polar surface area (TPSA) is 92.1 Å². The average molecular weight is 578 g/mol. The number of sulfonamides is 1. The Kier molecular flexibility index (Phi) is 8.92. The first-order valence-electron chi connectivity index (χ1n) is 13.7. The van der Waals surface area contributed by atoms with E-state index in [4.69, 9.17) is 24.0 Å². The van der Waals surface area contributed by atoms with Crippen LogP contribution in [0.5, 0.6) is 23.1 Å². The van der Waals surface area contributed by atoms with Gasteiger partial charge in [-0.05, 0) is 67.8 Å². The summed E-state index contributed by atoms with van der Waals surface area (Å²) in [6, 6.07) is 23.4. The summed E-state index contributed by atoms with van der Waals surface area (Å²) in [5, 5.41) is 4.89. The molecule has 0 N–H and O–H groups in total. The molecule has 5 rings (SSSR count). The molecule has 1 unspecified atom stereocenters. The van der Waals surface area contributed by atoms with Crippen molar-refractivity contribution in [3.05, 3.63) is 90.1 Å². The van der Waals surface area contributed by atoms with Gasteiger partial charge < -0.3 is 18.9 Å². The van der Waals surface area contributed by atoms with E-state index in [0.717, 1.165) is 24.2 Å². The first kappa shape index (κ1) is 28.7. The number of rotatable bonds is 12. The van der Waals surface area contributed by atoms with Crippen LogP contribution in [0.4, 0.5) is 0 Å². The van der Waals surface area contributed by atoms with Gasteiger partial charge in [-0.3, -0.25) is 0 Å². The molecule has 0 amide bonds. The molecule has 0 spiro atoms. The van der Waals surface area contributed by atoms with Crippen LogP contribution in [0.2, 0.25) is 0 Å². The maximum atomic E-state index is 14.1. The van der Waals surface area contributed by atoms with Crippen LogP contribution in [-0.2, 0) is 27.7 Å². The van der Waals surface area contributed by atoms with Crippen LogP contribution < -0.4 is 14.2 Å². The van der Waals surface area contributed by atoms with E-state index >= 15 is 0 Å². The Balaban J connectivity index is 1.61. The van der Waals surface area contributed by atoms with Gasteiger partial charge in [0.1, 0.15) is 17.2 Å². The molecule has 1 aliphatic rings. The maximum absolute atomic E-state index is 14.1. The Bertz CT molecular complexity index is 1550. The van der Waals surface area contributed by atoms with Crippen molar-refractivity contribution >= 4 is 10.0 Å². The predicted molar refractivity (Wildman–Crippen MR) is 156 cm³/mol. The zero-order chi connectivity index (χ0) is 28.8. The Labute approximate surface area is 241 Å². The smallest absolute Gasteiger partial charge is 0.243 e. The van der Waals surface area contributed by atoms with E-state index in [2.05, 4.69) is 0 Å². The van der Waals surface area contributed by atoms with Gasteiger partial charge in [0.25, 0.3) is 0 Å². The Hall–Kier alpha value is -3.86. The molecule has 1 aliphatic heterocycles. The molecule has 2 heterocycles. The van der Waals surface area contributed by atoms with Crippen LogP contribution in [0.25, 0.3) is 5.69 Å². The number of aryl methyl sites for hydroxylation is 1. The van der Waals surface area contributed by atoms with Crippen LogP contribution in [0, 0.1) is 0 Å². The van der Waals surface area contributed by atoms with Gasteiger partial charge in [-0.1, -0.05) is 31.2 Å². The molecule has 10 heteroatoms. The van der Waals surface area contributed by atoms with Crippen molar-refractivity contribution in [3.63, 3.8) is 0 Å². The van der Waals surface area contributed by atoms with Crippen LogP contribution >= 0.6 is 0 Å². The van der Waals surface area contributed by atoms with E-state index in [1.54, 1.807) is 49.2 Å². The molecule has 0 bridgehead atoms. The fourth-order valence-electron chi connectivity index (χ4n) is 4.88. The second kappa shape index (κ2) is 12.8. The third-order valence-corrected chi connectivity index (χ3v) is 8.90. The van der Waals surface area contributed by atoms with Crippen molar-refractivity contribution in [1.29, 1.82) is 0 Å². The first-order chi connectivity index (χ1) is 19.9. The van der Waals surface area contributed by atoms with Gasteiger partial charge in [0.15, 0.2) is 0 Å². The quantitative estimate of drug-likeness (QED) is 0.216. The number of aromatic nitrogens is 2. The lowest BCUT2D eigenvalue weighted by Gasteiger charge is -2.25. The average Bonchev–Trinajstić information content (AvgIpc) is 3.65. The standard InChI is InChI=1S/C31H35N3O6S/c1-4-30-29(22-33(21-27-14-9-19-39-27)41(35,36)28-17-15-24(37-2)16-18-28)31(34(32-30)23-10-6-5-7-11-23)40-26-13-8-12-25(20-26)38-3/h5-8,10-13,15-18,20,27H,4,9,14,19,21-22H2,1-3H3. The molecule has 1 saturated heterocycles. The van der Waals surface area contributed by atoms with Crippen LogP contribution in [0.1, 0.15) is 31.0 Å². The largest absolute Gasteiger partial charge is 0.497 e. The zero-order valence-corrected chi connectivity index (χ0v) is 24.3. The van der Waals surface area contributed by atoms with Gasteiger partial charge in [-0.25, -0.2) is 13.1 Å². The van der Waals surface area contributed by atoms with E-state index < -0.39 is 10.0 Å². The lowest BCUT2D eigenvalue weighted by atomic mass is 10.2. The second-order valence-corrected chi connectivity index (χ2v) is 11.7. The first-order valence-corrected chi connectivity index (χ1v) is 15.1. The lowest BCUT2D eigenvalue weighted by Crippen LogP contribution is -2.37. The zero-order valence-electron chi connectivity index (χ0n) is 23.5. The molecular weight excluding hydrogens is 542 g/mol. The van der Waals surface area contributed by atoms with Crippen LogP contribution in [0.3, 0.4) is 0 Å². The van der Waals surface area contributed by atoms with E-state index in [1.807, 2.05) is 55.5 Å². The molecule has 0 radical (unpaired) electrons. The molecule has 41 heavy (non-hydrogen) atoms. The Morgan fingerprint density at radius 1 is 0.951 bits per heavy atom. The second-order valence-electron chi connectivity index (χ2n) is 9.72. The predicted octanol–water partition coefficient (Wildman–Crippen LogP) is 5.61. The van der Waals surface area contributed by atoms with Crippen molar-refractivity contribution in [3.8, 4) is 28.8 Å². The van der Waals surface area contributed by atoms with Crippen LogP contribution in [-0.4, -0.2) is 56.0 Å². The summed E-state index contributed by atoms with van der Waals surface area (Å²) < 4.78 is 54.4. The lowest BCUT2D eigenvalue weighted by molar-refractivity contribution is 0.0924. The highest BCUT2D eigenvalue weighted by molar-refractivity contribution is 7.89. The van der Waals surface area contributed by atoms with E-state index in [0.29, 0.717) is 41.7 Å². The number of para-hydroxylation sites is 1. The summed E-state index contributed by atoms with van der Waals surface area (Å²) in [5.41, 5.74) is 2.23. The van der Waals surface area contributed by atoms with Crippen molar-refractivity contribution < 1.29 is 27.4 Å². The highest BCUT2D eigenvalue weighted by atomic mass is 32.2. The van der Waals surface area contributed by atoms with Gasteiger partial charge in [0.05, 0.1) is 42.2 Å². The summed E-state index contributed by atoms with van der Waals surface area (Å²) >= 11 is 0. The minimum atomic E-state index is -3.91. The van der Waals surface area contributed by atoms with Gasteiger partial charge in [0, 0.05) is 25.8 Å². The van der Waals surface area contributed by atoms with Gasteiger partial charge >= 0.3 is 0 Å². The number of methoxy groups -OCH3 is 2. The van der Waals surface area contributed by atoms with Gasteiger partial charge in [-0.2, -0.15) is 9.40 Å². The van der Waals surface area contributed by atoms with E-state index in [1.165, 1.54) is 4.31 Å². The fraction of sp³-hybridized carbons (Fsp3) is 0.323. The van der Waals surface area contributed by atoms with Crippen molar-refractivity contribution in [1.82, 2.24) is 14.1 Å². The Morgan fingerprint density at radius 3 is 2.34 bits per heavy atom. The molecule has 1 aromatic heterocycles. The number of ether oxygens (including phenoxy) is 4. The summed E-state index contributed by atoms with van der Waals surface area (Å²) in [7, 11) is -0.760. The highest BCUT2D eigenvalue weighted by Gasteiger charge is 2.32. The van der Waals surface area contributed by atoms with Crippen molar-refractivity contribution in [2.75, 3.05) is 27.4 Å². The fourth-order valence-corrected chi connectivity index (χ4v) is 6.32.